The predicted molar refractivity (Wildman–Crippen MR) is 73.1 cm³/mol. The third-order valence-electron chi connectivity index (χ3n) is 4.53. The van der Waals surface area contributed by atoms with Crippen molar-refractivity contribution in [3.8, 4) is 0 Å². The molecule has 0 aromatic rings. The third kappa shape index (κ3) is 4.15. The number of carboxylic acid groups (broad SMARTS) is 1. The molecule has 0 saturated heterocycles. The van der Waals surface area contributed by atoms with E-state index in [1.807, 2.05) is 20.8 Å². The summed E-state index contributed by atoms with van der Waals surface area (Å²) >= 11 is 0. The topological polar surface area (TPSA) is 109 Å². The number of rotatable bonds is 5. The molecular formula is C12H24N2O4S. The van der Waals surface area contributed by atoms with Crippen LogP contribution in [-0.4, -0.2) is 37.8 Å². The second kappa shape index (κ2) is 5.76. The first kappa shape index (κ1) is 16.4. The lowest BCUT2D eigenvalue weighted by atomic mass is 9.61. The van der Waals surface area contributed by atoms with Crippen LogP contribution in [0.4, 0.5) is 0 Å². The van der Waals surface area contributed by atoms with Crippen molar-refractivity contribution < 1.29 is 18.3 Å². The molecule has 3 atom stereocenters. The van der Waals surface area contributed by atoms with E-state index in [0.717, 1.165) is 6.42 Å². The van der Waals surface area contributed by atoms with Crippen molar-refractivity contribution in [1.82, 2.24) is 5.32 Å². The molecule has 0 aromatic carbocycles. The van der Waals surface area contributed by atoms with Crippen LogP contribution in [-0.2, 0) is 14.8 Å². The van der Waals surface area contributed by atoms with Crippen molar-refractivity contribution in [3.63, 3.8) is 0 Å². The Morgan fingerprint density at radius 2 is 2.00 bits per heavy atom. The van der Waals surface area contributed by atoms with E-state index >= 15 is 0 Å². The van der Waals surface area contributed by atoms with Gasteiger partial charge in [-0.25, -0.2) is 13.6 Å². The molecule has 19 heavy (non-hydrogen) atoms. The van der Waals surface area contributed by atoms with E-state index < -0.39 is 16.0 Å². The highest BCUT2D eigenvalue weighted by molar-refractivity contribution is 7.89. The zero-order valence-electron chi connectivity index (χ0n) is 11.7. The Labute approximate surface area is 114 Å². The Morgan fingerprint density at radius 3 is 2.47 bits per heavy atom. The molecule has 4 N–H and O–H groups in total. The van der Waals surface area contributed by atoms with Crippen molar-refractivity contribution in [1.29, 1.82) is 0 Å². The Kier molecular flexibility index (Phi) is 4.97. The number of nitrogens with two attached hydrogens (primary N) is 1. The van der Waals surface area contributed by atoms with Gasteiger partial charge in [0.2, 0.25) is 10.0 Å². The van der Waals surface area contributed by atoms with Gasteiger partial charge in [-0.1, -0.05) is 20.8 Å². The van der Waals surface area contributed by atoms with E-state index in [1.165, 1.54) is 0 Å². The molecule has 1 aliphatic carbocycles. The molecule has 7 heteroatoms. The fourth-order valence-corrected chi connectivity index (χ4v) is 3.31. The number of carbonyl (C=O) groups is 1. The van der Waals surface area contributed by atoms with E-state index in [4.69, 9.17) is 5.14 Å². The van der Waals surface area contributed by atoms with Gasteiger partial charge in [-0.15, -0.1) is 0 Å². The van der Waals surface area contributed by atoms with E-state index in [-0.39, 0.29) is 29.0 Å². The number of hydrogen-bond acceptors (Lipinski definition) is 4. The Bertz CT molecular complexity index is 433. The van der Waals surface area contributed by atoms with Crippen molar-refractivity contribution in [2.75, 3.05) is 12.3 Å². The first-order valence-corrected chi connectivity index (χ1v) is 8.24. The normalized spacial score (nSPS) is 31.1. The third-order valence-corrected chi connectivity index (χ3v) is 5.31. The molecular weight excluding hydrogens is 268 g/mol. The van der Waals surface area contributed by atoms with Crippen LogP contribution in [0.5, 0.6) is 0 Å². The van der Waals surface area contributed by atoms with Crippen molar-refractivity contribution in [3.05, 3.63) is 0 Å². The summed E-state index contributed by atoms with van der Waals surface area (Å²) in [4.78, 5) is 11.3. The maximum atomic E-state index is 11.3. The summed E-state index contributed by atoms with van der Waals surface area (Å²) < 4.78 is 21.8. The van der Waals surface area contributed by atoms with Crippen molar-refractivity contribution in [2.24, 2.45) is 22.4 Å². The molecule has 0 radical (unpaired) electrons. The number of aliphatic carboxylic acids is 1. The zero-order valence-corrected chi connectivity index (χ0v) is 12.5. The minimum absolute atomic E-state index is 0.0982. The first-order chi connectivity index (χ1) is 8.55. The number of sulfonamides is 1. The molecule has 1 saturated carbocycles. The van der Waals surface area contributed by atoms with Gasteiger partial charge in [-0.3, -0.25) is 4.79 Å². The predicted octanol–water partition coefficient (Wildman–Crippen LogP) is 0.390. The largest absolute Gasteiger partial charge is 0.481 e. The number of primary sulfonamides is 1. The lowest BCUT2D eigenvalue weighted by molar-refractivity contribution is -0.150. The van der Waals surface area contributed by atoms with Crippen molar-refractivity contribution in [2.45, 2.75) is 39.7 Å². The average Bonchev–Trinajstić information content (AvgIpc) is 2.22. The number of nitrogens with one attached hydrogen (secondary N) is 1. The monoisotopic (exact) mass is 292 g/mol. The second-order valence-electron chi connectivity index (χ2n) is 6.01. The standard InChI is InChI=1S/C12H24N2O4S/c1-8-10(14-6-7-19(13,17)18)5-4-9(11(15)16)12(8,2)3/h8-10,14H,4-7H2,1-3H3,(H,15,16)(H2,13,17,18). The summed E-state index contributed by atoms with van der Waals surface area (Å²) in [6.07, 6.45) is 1.35. The molecule has 0 heterocycles. The molecule has 1 fully saturated rings. The number of hydrogen-bond donors (Lipinski definition) is 3. The smallest absolute Gasteiger partial charge is 0.307 e. The highest BCUT2D eigenvalue weighted by Gasteiger charge is 2.45. The summed E-state index contributed by atoms with van der Waals surface area (Å²) in [6.45, 7) is 6.25. The fraction of sp³-hybridized carbons (Fsp3) is 0.917. The summed E-state index contributed by atoms with van der Waals surface area (Å²) in [6, 6.07) is 0.132. The van der Waals surface area contributed by atoms with Gasteiger partial charge < -0.3 is 10.4 Å². The number of carboxylic acids is 1. The van der Waals surface area contributed by atoms with Crippen molar-refractivity contribution >= 4 is 16.0 Å². The highest BCUT2D eigenvalue weighted by atomic mass is 32.2. The van der Waals surface area contributed by atoms with Crippen LogP contribution >= 0.6 is 0 Å². The highest BCUT2D eigenvalue weighted by Crippen LogP contribution is 2.44. The SMILES string of the molecule is CC1C(NCCS(N)(=O)=O)CCC(C(=O)O)C1(C)C. The molecule has 3 unspecified atom stereocenters. The van der Waals surface area contributed by atoms with E-state index in [1.54, 1.807) is 0 Å². The maximum Gasteiger partial charge on any atom is 0.307 e. The van der Waals surface area contributed by atoms with Crippen LogP contribution in [0.15, 0.2) is 0 Å². The molecule has 6 nitrogen and oxygen atoms in total. The van der Waals surface area contributed by atoms with Crippen LogP contribution in [0.1, 0.15) is 33.6 Å². The van der Waals surface area contributed by atoms with E-state index in [0.29, 0.717) is 13.0 Å². The van der Waals surface area contributed by atoms with Crippen LogP contribution in [0.3, 0.4) is 0 Å². The average molecular weight is 292 g/mol. The molecule has 112 valence electrons. The van der Waals surface area contributed by atoms with Gasteiger partial charge in [0, 0.05) is 12.6 Å². The van der Waals surface area contributed by atoms with Gasteiger partial charge in [-0.05, 0) is 24.2 Å². The molecule has 0 aromatic heterocycles. The maximum absolute atomic E-state index is 11.3. The lowest BCUT2D eigenvalue weighted by Crippen LogP contribution is -2.51. The van der Waals surface area contributed by atoms with Gasteiger partial charge in [0.25, 0.3) is 0 Å². The van der Waals surface area contributed by atoms with Gasteiger partial charge in [0.15, 0.2) is 0 Å². The fourth-order valence-electron chi connectivity index (χ4n) is 2.91. The summed E-state index contributed by atoms with van der Waals surface area (Å²) in [7, 11) is -3.45. The van der Waals surface area contributed by atoms with E-state index in [9.17, 15) is 18.3 Å². The first-order valence-electron chi connectivity index (χ1n) is 6.52. The quantitative estimate of drug-likeness (QED) is 0.679. The molecule has 0 aliphatic heterocycles. The second-order valence-corrected chi connectivity index (χ2v) is 7.74. The summed E-state index contributed by atoms with van der Waals surface area (Å²) in [5, 5.41) is 17.4. The van der Waals surface area contributed by atoms with Crippen LogP contribution in [0.2, 0.25) is 0 Å². The Hall–Kier alpha value is -0.660. The van der Waals surface area contributed by atoms with Crippen LogP contribution in [0.25, 0.3) is 0 Å². The van der Waals surface area contributed by atoms with Gasteiger partial charge in [-0.2, -0.15) is 0 Å². The summed E-state index contributed by atoms with van der Waals surface area (Å²) in [5.41, 5.74) is -0.316. The Balaban J connectivity index is 2.63. The molecule has 0 amide bonds. The van der Waals surface area contributed by atoms with Gasteiger partial charge in [0.05, 0.1) is 11.7 Å². The molecule has 1 aliphatic rings. The minimum Gasteiger partial charge on any atom is -0.481 e. The van der Waals surface area contributed by atoms with Crippen LogP contribution in [0, 0.1) is 17.3 Å². The molecule has 0 bridgehead atoms. The van der Waals surface area contributed by atoms with Crippen LogP contribution < -0.4 is 10.5 Å². The lowest BCUT2D eigenvalue weighted by Gasteiger charge is -2.46. The minimum atomic E-state index is -3.45. The Morgan fingerprint density at radius 1 is 1.42 bits per heavy atom. The molecule has 0 spiro atoms. The molecule has 1 rings (SSSR count). The van der Waals surface area contributed by atoms with Gasteiger partial charge in [0.1, 0.15) is 0 Å². The van der Waals surface area contributed by atoms with Gasteiger partial charge >= 0.3 is 5.97 Å². The summed E-state index contributed by atoms with van der Waals surface area (Å²) in [5.74, 6) is -1.04. The van der Waals surface area contributed by atoms with E-state index in [2.05, 4.69) is 5.32 Å². The zero-order chi connectivity index (χ0) is 14.8.